The molecule has 1 heterocycles. The number of rotatable bonds is 3. The summed E-state index contributed by atoms with van der Waals surface area (Å²) < 4.78 is 5.13. The molecular weight excluding hydrogens is 174 g/mol. The first-order valence-electron chi connectivity index (χ1n) is 3.83. The number of hydrogen-bond acceptors (Lipinski definition) is 2. The van der Waals surface area contributed by atoms with Crippen LogP contribution in [0.1, 0.15) is 12.7 Å². The minimum atomic E-state index is 0.342. The van der Waals surface area contributed by atoms with Gasteiger partial charge in [0.25, 0.3) is 0 Å². The van der Waals surface area contributed by atoms with Crippen molar-refractivity contribution in [1.29, 1.82) is 0 Å². The minimum absolute atomic E-state index is 0.342. The van der Waals surface area contributed by atoms with Crippen molar-refractivity contribution >= 4 is 17.7 Å². The number of furan rings is 1. The lowest BCUT2D eigenvalue weighted by molar-refractivity contribution is 0.558. The number of hydrogen-bond donors (Lipinski definition) is 1. The van der Waals surface area contributed by atoms with Crippen molar-refractivity contribution in [2.45, 2.75) is 13.0 Å². The van der Waals surface area contributed by atoms with E-state index in [0.717, 1.165) is 5.76 Å². The summed E-state index contributed by atoms with van der Waals surface area (Å²) in [7, 11) is 1.91. The molecule has 1 atom stereocenters. The molecule has 0 bridgehead atoms. The van der Waals surface area contributed by atoms with Crippen molar-refractivity contribution in [3.8, 4) is 0 Å². The van der Waals surface area contributed by atoms with Crippen LogP contribution in [0.15, 0.2) is 22.6 Å². The molecular formula is C9H12ClNO. The highest BCUT2D eigenvalue weighted by Gasteiger charge is 1.95. The molecule has 0 saturated heterocycles. The molecule has 0 saturated carbocycles. The minimum Gasteiger partial charge on any atom is -0.445 e. The summed E-state index contributed by atoms with van der Waals surface area (Å²) in [5, 5.41) is 3.50. The topological polar surface area (TPSA) is 25.2 Å². The Morgan fingerprint density at radius 3 is 2.83 bits per heavy atom. The van der Waals surface area contributed by atoms with E-state index >= 15 is 0 Å². The van der Waals surface area contributed by atoms with E-state index < -0.39 is 0 Å². The molecule has 0 aliphatic carbocycles. The van der Waals surface area contributed by atoms with E-state index in [1.807, 2.05) is 25.3 Å². The zero-order chi connectivity index (χ0) is 8.97. The first kappa shape index (κ1) is 9.36. The Balaban J connectivity index is 2.57. The second kappa shape index (κ2) is 4.33. The van der Waals surface area contributed by atoms with Crippen LogP contribution in [-0.2, 0) is 0 Å². The van der Waals surface area contributed by atoms with Crippen molar-refractivity contribution in [3.63, 3.8) is 0 Å². The van der Waals surface area contributed by atoms with Crippen LogP contribution in [0.2, 0.25) is 5.22 Å². The summed E-state index contributed by atoms with van der Waals surface area (Å²) in [6.45, 7) is 2.06. The maximum atomic E-state index is 5.59. The van der Waals surface area contributed by atoms with Gasteiger partial charge in [0, 0.05) is 6.04 Å². The van der Waals surface area contributed by atoms with Crippen LogP contribution >= 0.6 is 11.6 Å². The van der Waals surface area contributed by atoms with Crippen LogP contribution in [0.5, 0.6) is 0 Å². The number of nitrogens with one attached hydrogen (secondary N) is 1. The summed E-state index contributed by atoms with van der Waals surface area (Å²) in [4.78, 5) is 0. The highest BCUT2D eigenvalue weighted by molar-refractivity contribution is 6.28. The SMILES string of the molecule is CNC(C)/C=C/c1ccc(Cl)o1. The first-order valence-corrected chi connectivity index (χ1v) is 4.21. The fourth-order valence-electron chi connectivity index (χ4n) is 0.753. The maximum Gasteiger partial charge on any atom is 0.193 e. The molecule has 1 unspecified atom stereocenters. The van der Waals surface area contributed by atoms with Gasteiger partial charge in [-0.1, -0.05) is 6.08 Å². The summed E-state index contributed by atoms with van der Waals surface area (Å²) in [6, 6.07) is 3.90. The Labute approximate surface area is 77.2 Å². The van der Waals surface area contributed by atoms with Gasteiger partial charge in [0.05, 0.1) is 0 Å². The molecule has 1 rings (SSSR count). The van der Waals surface area contributed by atoms with Gasteiger partial charge in [-0.3, -0.25) is 0 Å². The third kappa shape index (κ3) is 2.72. The van der Waals surface area contributed by atoms with Crippen LogP contribution in [0, 0.1) is 0 Å². The molecule has 66 valence electrons. The monoisotopic (exact) mass is 185 g/mol. The van der Waals surface area contributed by atoms with E-state index in [-0.39, 0.29) is 0 Å². The Morgan fingerprint density at radius 2 is 2.33 bits per heavy atom. The third-order valence-corrected chi connectivity index (χ3v) is 1.80. The lowest BCUT2D eigenvalue weighted by atomic mass is 10.3. The van der Waals surface area contributed by atoms with Gasteiger partial charge in [0.2, 0.25) is 0 Å². The van der Waals surface area contributed by atoms with E-state index in [2.05, 4.69) is 12.2 Å². The predicted molar refractivity (Wildman–Crippen MR) is 51.3 cm³/mol. The zero-order valence-electron chi connectivity index (χ0n) is 7.17. The van der Waals surface area contributed by atoms with Gasteiger partial charge in [0.15, 0.2) is 5.22 Å². The van der Waals surface area contributed by atoms with Gasteiger partial charge in [0.1, 0.15) is 5.76 Å². The maximum absolute atomic E-state index is 5.59. The van der Waals surface area contributed by atoms with Gasteiger partial charge >= 0.3 is 0 Å². The van der Waals surface area contributed by atoms with Gasteiger partial charge in [-0.25, -0.2) is 0 Å². The fourth-order valence-corrected chi connectivity index (χ4v) is 0.905. The lowest BCUT2D eigenvalue weighted by Gasteiger charge is -2.00. The average molecular weight is 186 g/mol. The number of halogens is 1. The molecule has 0 spiro atoms. The molecule has 2 nitrogen and oxygen atoms in total. The van der Waals surface area contributed by atoms with E-state index in [1.165, 1.54) is 0 Å². The van der Waals surface area contributed by atoms with Crippen LogP contribution in [0.3, 0.4) is 0 Å². The summed E-state index contributed by atoms with van der Waals surface area (Å²) in [5.74, 6) is 0.780. The summed E-state index contributed by atoms with van der Waals surface area (Å²) in [6.07, 6.45) is 3.90. The fraction of sp³-hybridized carbons (Fsp3) is 0.333. The van der Waals surface area contributed by atoms with Crippen LogP contribution < -0.4 is 5.32 Å². The summed E-state index contributed by atoms with van der Waals surface area (Å²) >= 11 is 5.59. The van der Waals surface area contributed by atoms with E-state index in [4.69, 9.17) is 16.0 Å². The number of likely N-dealkylation sites (N-methyl/N-ethyl adjacent to an activating group) is 1. The lowest BCUT2D eigenvalue weighted by Crippen LogP contribution is -2.17. The Morgan fingerprint density at radius 1 is 1.58 bits per heavy atom. The second-order valence-electron chi connectivity index (χ2n) is 2.58. The van der Waals surface area contributed by atoms with Crippen LogP contribution in [0.25, 0.3) is 6.08 Å². The molecule has 12 heavy (non-hydrogen) atoms. The quantitative estimate of drug-likeness (QED) is 0.783. The molecule has 1 N–H and O–H groups in total. The molecule has 0 amide bonds. The largest absolute Gasteiger partial charge is 0.445 e. The van der Waals surface area contributed by atoms with Gasteiger partial charge in [-0.2, -0.15) is 0 Å². The Bertz CT molecular complexity index is 267. The highest BCUT2D eigenvalue weighted by atomic mass is 35.5. The molecule has 0 aliphatic heterocycles. The van der Waals surface area contributed by atoms with Crippen molar-refractivity contribution in [3.05, 3.63) is 29.2 Å². The molecule has 1 aromatic heterocycles. The average Bonchev–Trinajstić information content (AvgIpc) is 2.47. The van der Waals surface area contributed by atoms with Gasteiger partial charge < -0.3 is 9.73 Å². The molecule has 0 fully saturated rings. The first-order chi connectivity index (χ1) is 5.72. The van der Waals surface area contributed by atoms with Crippen LogP contribution in [0.4, 0.5) is 0 Å². The van der Waals surface area contributed by atoms with Crippen molar-refractivity contribution in [2.24, 2.45) is 0 Å². The standard InChI is InChI=1S/C9H12ClNO/c1-7(11-2)3-4-8-5-6-9(10)12-8/h3-7,11H,1-2H3/b4-3+. The van der Waals surface area contributed by atoms with Crippen molar-refractivity contribution in [2.75, 3.05) is 7.05 Å². The van der Waals surface area contributed by atoms with Crippen LogP contribution in [-0.4, -0.2) is 13.1 Å². The van der Waals surface area contributed by atoms with E-state index in [1.54, 1.807) is 6.07 Å². The zero-order valence-corrected chi connectivity index (χ0v) is 7.93. The summed E-state index contributed by atoms with van der Waals surface area (Å²) in [5.41, 5.74) is 0. The highest BCUT2D eigenvalue weighted by Crippen LogP contribution is 2.14. The molecule has 1 aromatic rings. The Kier molecular flexibility index (Phi) is 3.38. The second-order valence-corrected chi connectivity index (χ2v) is 2.95. The predicted octanol–water partition coefficient (Wildman–Crippen LogP) is 2.55. The molecule has 0 aromatic carbocycles. The third-order valence-electron chi connectivity index (χ3n) is 1.60. The Hall–Kier alpha value is -0.730. The molecule has 0 aliphatic rings. The van der Waals surface area contributed by atoms with Crippen molar-refractivity contribution in [1.82, 2.24) is 5.32 Å². The normalized spacial score (nSPS) is 13.9. The van der Waals surface area contributed by atoms with E-state index in [9.17, 15) is 0 Å². The van der Waals surface area contributed by atoms with Gasteiger partial charge in [-0.05, 0) is 43.8 Å². The molecule has 0 radical (unpaired) electrons. The van der Waals surface area contributed by atoms with E-state index in [0.29, 0.717) is 11.3 Å². The van der Waals surface area contributed by atoms with Crippen molar-refractivity contribution < 1.29 is 4.42 Å². The molecule has 3 heteroatoms. The smallest absolute Gasteiger partial charge is 0.193 e. The van der Waals surface area contributed by atoms with Gasteiger partial charge in [-0.15, -0.1) is 0 Å².